The number of carbonyl (C=O) groups is 2. The zero-order valence-corrected chi connectivity index (χ0v) is 17.9. The maximum absolute atomic E-state index is 14.3. The van der Waals surface area contributed by atoms with Crippen LogP contribution in [-0.4, -0.2) is 35.2 Å². The van der Waals surface area contributed by atoms with Crippen LogP contribution in [0.15, 0.2) is 77.2 Å². The molecule has 8 nitrogen and oxygen atoms in total. The maximum Gasteiger partial charge on any atom is 0.313 e. The molecule has 0 saturated heterocycles. The molecule has 0 saturated carbocycles. The van der Waals surface area contributed by atoms with E-state index in [1.54, 1.807) is 30.3 Å². The number of nitrogens with two attached hydrogens (primary N) is 1. The Morgan fingerprint density at radius 1 is 0.971 bits per heavy atom. The summed E-state index contributed by atoms with van der Waals surface area (Å²) in [5.74, 6) is -1.20. The Labute approximate surface area is 193 Å². The molecular formula is C25H21FN2O6. The summed E-state index contributed by atoms with van der Waals surface area (Å²) in [6.45, 7) is -0.0813. The molecule has 0 fully saturated rings. The molecule has 9 heteroatoms. The van der Waals surface area contributed by atoms with Crippen LogP contribution in [-0.2, 0) is 6.61 Å². The van der Waals surface area contributed by atoms with Crippen LogP contribution in [0.1, 0.15) is 26.5 Å². The average molecular weight is 464 g/mol. The van der Waals surface area contributed by atoms with E-state index >= 15 is 0 Å². The van der Waals surface area contributed by atoms with Crippen LogP contribution in [0.5, 0.6) is 11.5 Å². The molecule has 34 heavy (non-hydrogen) atoms. The number of furan rings is 1. The van der Waals surface area contributed by atoms with Gasteiger partial charge >= 0.3 is 5.91 Å². The number of hydroxylamine groups is 2. The topological polar surface area (TPSA) is 115 Å². The van der Waals surface area contributed by atoms with Crippen molar-refractivity contribution in [3.8, 4) is 11.5 Å². The van der Waals surface area contributed by atoms with Crippen LogP contribution in [0.3, 0.4) is 0 Å². The standard InChI is InChI=1S/C25H21FN2O6/c26-21-11-8-17(15-33-18-4-2-1-3-5-18)20-14-22(34-23(20)21)25(30)28(31)12-13-32-19-9-6-16(7-10-19)24(27)29/h1-11,14,31H,12-13,15H2,(H2,27,29). The second-order valence-electron chi connectivity index (χ2n) is 7.33. The summed E-state index contributed by atoms with van der Waals surface area (Å²) in [5, 5.41) is 10.9. The SMILES string of the molecule is NC(=O)c1ccc(OCCN(O)C(=O)c2cc3c(COc4ccccc4)ccc(F)c3o2)cc1. The molecule has 0 aliphatic rings. The number of hydrogen-bond acceptors (Lipinski definition) is 6. The summed E-state index contributed by atoms with van der Waals surface area (Å²) in [4.78, 5) is 23.7. The first-order chi connectivity index (χ1) is 16.4. The van der Waals surface area contributed by atoms with Gasteiger partial charge in [0.15, 0.2) is 17.2 Å². The van der Waals surface area contributed by atoms with E-state index in [0.717, 1.165) is 0 Å². The summed E-state index contributed by atoms with van der Waals surface area (Å²) in [7, 11) is 0. The molecular weight excluding hydrogens is 443 g/mol. The van der Waals surface area contributed by atoms with Gasteiger partial charge < -0.3 is 19.6 Å². The number of halogens is 1. The van der Waals surface area contributed by atoms with E-state index in [1.165, 1.54) is 24.3 Å². The lowest BCUT2D eigenvalue weighted by molar-refractivity contribution is -0.0654. The summed E-state index contributed by atoms with van der Waals surface area (Å²) >= 11 is 0. The minimum atomic E-state index is -0.849. The first-order valence-corrected chi connectivity index (χ1v) is 10.3. The predicted molar refractivity (Wildman–Crippen MR) is 120 cm³/mol. The highest BCUT2D eigenvalue weighted by Crippen LogP contribution is 2.27. The number of fused-ring (bicyclic) bond motifs is 1. The van der Waals surface area contributed by atoms with Gasteiger partial charge in [-0.3, -0.25) is 14.8 Å². The average Bonchev–Trinajstić information content (AvgIpc) is 3.30. The van der Waals surface area contributed by atoms with Crippen molar-refractivity contribution in [3.05, 3.63) is 95.5 Å². The van der Waals surface area contributed by atoms with Crippen molar-refractivity contribution in [3.63, 3.8) is 0 Å². The first-order valence-electron chi connectivity index (χ1n) is 10.3. The molecule has 0 aliphatic carbocycles. The minimum Gasteiger partial charge on any atom is -0.492 e. The van der Waals surface area contributed by atoms with Crippen molar-refractivity contribution in [1.29, 1.82) is 0 Å². The van der Waals surface area contributed by atoms with Gasteiger partial charge in [0.05, 0.1) is 6.54 Å². The number of hydrogen-bond donors (Lipinski definition) is 2. The van der Waals surface area contributed by atoms with Gasteiger partial charge in [0.2, 0.25) is 5.91 Å². The summed E-state index contributed by atoms with van der Waals surface area (Å²) < 4.78 is 30.9. The first kappa shape index (κ1) is 22.8. The van der Waals surface area contributed by atoms with Crippen molar-refractivity contribution in [2.24, 2.45) is 5.73 Å². The summed E-state index contributed by atoms with van der Waals surface area (Å²) in [6.07, 6.45) is 0. The number of rotatable bonds is 9. The highest BCUT2D eigenvalue weighted by Gasteiger charge is 2.21. The number of para-hydroxylation sites is 1. The molecule has 1 aromatic heterocycles. The molecule has 4 aromatic rings. The van der Waals surface area contributed by atoms with E-state index in [-0.39, 0.29) is 31.1 Å². The van der Waals surface area contributed by atoms with Crippen LogP contribution in [0.4, 0.5) is 4.39 Å². The lowest BCUT2D eigenvalue weighted by atomic mass is 10.1. The van der Waals surface area contributed by atoms with Gasteiger partial charge in [-0.05, 0) is 48.5 Å². The molecule has 0 unspecified atom stereocenters. The second-order valence-corrected chi connectivity index (χ2v) is 7.33. The van der Waals surface area contributed by atoms with E-state index in [9.17, 15) is 19.2 Å². The zero-order chi connectivity index (χ0) is 24.1. The highest BCUT2D eigenvalue weighted by molar-refractivity contribution is 5.96. The molecule has 3 aromatic carbocycles. The van der Waals surface area contributed by atoms with Crippen molar-refractivity contribution in [2.75, 3.05) is 13.2 Å². The van der Waals surface area contributed by atoms with E-state index < -0.39 is 17.6 Å². The smallest absolute Gasteiger partial charge is 0.313 e. The van der Waals surface area contributed by atoms with E-state index in [4.69, 9.17) is 19.6 Å². The lowest BCUT2D eigenvalue weighted by Gasteiger charge is -2.14. The van der Waals surface area contributed by atoms with E-state index in [0.29, 0.717) is 33.1 Å². The van der Waals surface area contributed by atoms with Crippen LogP contribution in [0, 0.1) is 5.82 Å². The van der Waals surface area contributed by atoms with Gasteiger partial charge in [-0.1, -0.05) is 24.3 Å². The quantitative estimate of drug-likeness (QED) is 0.284. The van der Waals surface area contributed by atoms with Crippen LogP contribution in [0.2, 0.25) is 0 Å². The van der Waals surface area contributed by atoms with Crippen molar-refractivity contribution >= 4 is 22.8 Å². The molecule has 0 radical (unpaired) electrons. The minimum absolute atomic E-state index is 0.0388. The zero-order valence-electron chi connectivity index (χ0n) is 17.9. The molecule has 4 rings (SSSR count). The Hall–Kier alpha value is -4.37. The van der Waals surface area contributed by atoms with Gasteiger partial charge in [-0.2, -0.15) is 0 Å². The molecule has 2 amide bonds. The van der Waals surface area contributed by atoms with Crippen LogP contribution in [0.25, 0.3) is 11.0 Å². The monoisotopic (exact) mass is 464 g/mol. The molecule has 0 spiro atoms. The molecule has 174 valence electrons. The van der Waals surface area contributed by atoms with Gasteiger partial charge in [0, 0.05) is 16.5 Å². The third kappa shape index (κ3) is 5.16. The Bertz CT molecular complexity index is 1300. The fraction of sp³-hybridized carbons (Fsp3) is 0.120. The Morgan fingerprint density at radius 3 is 2.38 bits per heavy atom. The second kappa shape index (κ2) is 10.1. The van der Waals surface area contributed by atoms with Gasteiger partial charge in [-0.25, -0.2) is 9.45 Å². The molecule has 3 N–H and O–H groups in total. The van der Waals surface area contributed by atoms with E-state index in [1.807, 2.05) is 18.2 Å². The molecule has 0 aliphatic heterocycles. The number of amides is 2. The fourth-order valence-corrected chi connectivity index (χ4v) is 3.25. The largest absolute Gasteiger partial charge is 0.492 e. The van der Waals surface area contributed by atoms with Crippen LogP contribution < -0.4 is 15.2 Å². The van der Waals surface area contributed by atoms with Crippen molar-refractivity contribution < 1.29 is 33.1 Å². The van der Waals surface area contributed by atoms with Crippen molar-refractivity contribution in [2.45, 2.75) is 6.61 Å². The molecule has 0 bridgehead atoms. The molecule has 0 atom stereocenters. The van der Waals surface area contributed by atoms with Gasteiger partial charge in [0.1, 0.15) is 24.7 Å². The Kier molecular flexibility index (Phi) is 6.74. The Morgan fingerprint density at radius 2 is 1.68 bits per heavy atom. The Balaban J connectivity index is 1.41. The maximum atomic E-state index is 14.3. The van der Waals surface area contributed by atoms with Crippen LogP contribution >= 0.6 is 0 Å². The third-order valence-corrected chi connectivity index (χ3v) is 5.02. The highest BCUT2D eigenvalue weighted by atomic mass is 19.1. The number of primary amides is 1. The number of nitrogens with zero attached hydrogens (tertiary/aromatic N) is 1. The predicted octanol–water partition coefficient (Wildman–Crippen LogP) is 4.16. The summed E-state index contributed by atoms with van der Waals surface area (Å²) in [6, 6.07) is 19.4. The number of benzene rings is 3. The molecule has 1 heterocycles. The number of carbonyl (C=O) groups excluding carboxylic acids is 2. The number of ether oxygens (including phenoxy) is 2. The summed E-state index contributed by atoms with van der Waals surface area (Å²) in [5.41, 5.74) is 6.04. The fourth-order valence-electron chi connectivity index (χ4n) is 3.25. The lowest BCUT2D eigenvalue weighted by Crippen LogP contribution is -2.31. The third-order valence-electron chi connectivity index (χ3n) is 5.02. The normalized spacial score (nSPS) is 10.8. The van der Waals surface area contributed by atoms with E-state index in [2.05, 4.69) is 0 Å². The van der Waals surface area contributed by atoms with Crippen molar-refractivity contribution in [1.82, 2.24) is 5.06 Å². The van der Waals surface area contributed by atoms with Gasteiger partial charge in [-0.15, -0.1) is 0 Å². The van der Waals surface area contributed by atoms with Gasteiger partial charge in [0.25, 0.3) is 0 Å².